The standard InChI is InChI=1S/C14H26BrN3S/c1-6-11-13(15)12(18(7-2)17-11)8-10(16)9-19-14(3,4)5/h10H,6-9,16H2,1-5H3. The zero-order valence-corrected chi connectivity index (χ0v) is 15.1. The van der Waals surface area contributed by atoms with Gasteiger partial charge in [-0.25, -0.2) is 0 Å². The highest BCUT2D eigenvalue weighted by atomic mass is 79.9. The normalized spacial score (nSPS) is 13.8. The zero-order chi connectivity index (χ0) is 14.6. The molecule has 1 heterocycles. The average molecular weight is 348 g/mol. The van der Waals surface area contributed by atoms with Gasteiger partial charge in [-0.15, -0.1) is 0 Å². The van der Waals surface area contributed by atoms with Crippen LogP contribution in [0.3, 0.4) is 0 Å². The average Bonchev–Trinajstić information content (AvgIpc) is 2.63. The van der Waals surface area contributed by atoms with Crippen LogP contribution in [-0.4, -0.2) is 26.3 Å². The number of aryl methyl sites for hydroxylation is 2. The van der Waals surface area contributed by atoms with Gasteiger partial charge in [0.2, 0.25) is 0 Å². The summed E-state index contributed by atoms with van der Waals surface area (Å²) in [5.41, 5.74) is 8.64. The van der Waals surface area contributed by atoms with Crippen molar-refractivity contribution in [3.05, 3.63) is 15.9 Å². The Balaban J connectivity index is 2.73. The third-order valence-electron chi connectivity index (χ3n) is 2.88. The van der Waals surface area contributed by atoms with Crippen LogP contribution in [0.15, 0.2) is 4.47 Å². The lowest BCUT2D eigenvalue weighted by atomic mass is 10.2. The van der Waals surface area contributed by atoms with Crippen LogP contribution >= 0.6 is 27.7 Å². The van der Waals surface area contributed by atoms with Gasteiger partial charge in [0.05, 0.1) is 15.9 Å². The maximum atomic E-state index is 6.27. The monoisotopic (exact) mass is 347 g/mol. The molecule has 1 rings (SSSR count). The fourth-order valence-electron chi connectivity index (χ4n) is 1.88. The highest BCUT2D eigenvalue weighted by Gasteiger charge is 2.18. The van der Waals surface area contributed by atoms with Gasteiger partial charge in [-0.05, 0) is 29.3 Å². The summed E-state index contributed by atoms with van der Waals surface area (Å²) in [6, 6.07) is 0.173. The van der Waals surface area contributed by atoms with Crippen molar-refractivity contribution >= 4 is 27.7 Å². The minimum atomic E-state index is 0.173. The van der Waals surface area contributed by atoms with Crippen molar-refractivity contribution in [2.24, 2.45) is 5.73 Å². The minimum Gasteiger partial charge on any atom is -0.327 e. The molecule has 0 saturated carbocycles. The van der Waals surface area contributed by atoms with Crippen molar-refractivity contribution in [1.82, 2.24) is 9.78 Å². The second-order valence-electron chi connectivity index (χ2n) is 5.76. The molecule has 5 heteroatoms. The number of hydrogen-bond donors (Lipinski definition) is 1. The first-order chi connectivity index (χ1) is 8.78. The number of aromatic nitrogens is 2. The maximum absolute atomic E-state index is 6.27. The van der Waals surface area contributed by atoms with Gasteiger partial charge in [0.25, 0.3) is 0 Å². The number of rotatable bonds is 6. The lowest BCUT2D eigenvalue weighted by Gasteiger charge is -2.20. The number of thioether (sulfide) groups is 1. The zero-order valence-electron chi connectivity index (χ0n) is 12.7. The molecule has 2 N–H and O–H groups in total. The lowest BCUT2D eigenvalue weighted by molar-refractivity contribution is 0.590. The van der Waals surface area contributed by atoms with E-state index in [1.807, 2.05) is 11.8 Å². The van der Waals surface area contributed by atoms with Gasteiger partial charge < -0.3 is 5.73 Å². The van der Waals surface area contributed by atoms with Crippen molar-refractivity contribution in [2.45, 2.75) is 64.8 Å². The molecular formula is C14H26BrN3S. The quantitative estimate of drug-likeness (QED) is 0.854. The van der Waals surface area contributed by atoms with Crippen LogP contribution < -0.4 is 5.73 Å². The predicted octanol–water partition coefficient (Wildman–Crippen LogP) is 3.63. The van der Waals surface area contributed by atoms with Gasteiger partial charge in [0.15, 0.2) is 0 Å². The topological polar surface area (TPSA) is 43.8 Å². The molecule has 110 valence electrons. The van der Waals surface area contributed by atoms with E-state index in [4.69, 9.17) is 5.73 Å². The molecule has 1 aromatic heterocycles. The van der Waals surface area contributed by atoms with E-state index in [1.165, 1.54) is 5.69 Å². The summed E-state index contributed by atoms with van der Waals surface area (Å²) in [5, 5.41) is 4.62. The van der Waals surface area contributed by atoms with Crippen molar-refractivity contribution in [2.75, 3.05) is 5.75 Å². The van der Waals surface area contributed by atoms with Gasteiger partial charge in [-0.1, -0.05) is 27.7 Å². The summed E-state index contributed by atoms with van der Waals surface area (Å²) in [7, 11) is 0. The Morgan fingerprint density at radius 2 is 2.00 bits per heavy atom. The van der Waals surface area contributed by atoms with Crippen molar-refractivity contribution in [3.8, 4) is 0 Å². The minimum absolute atomic E-state index is 0.173. The largest absolute Gasteiger partial charge is 0.327 e. The summed E-state index contributed by atoms with van der Waals surface area (Å²) in [6.07, 6.45) is 1.83. The fraction of sp³-hybridized carbons (Fsp3) is 0.786. The Kier molecular flexibility index (Phi) is 6.40. The Morgan fingerprint density at radius 3 is 2.47 bits per heavy atom. The summed E-state index contributed by atoms with van der Waals surface area (Å²) < 4.78 is 3.49. The third kappa shape index (κ3) is 5.12. The maximum Gasteiger partial charge on any atom is 0.0766 e. The number of hydrogen-bond acceptors (Lipinski definition) is 3. The molecule has 1 atom stereocenters. The van der Waals surface area contributed by atoms with Gasteiger partial charge >= 0.3 is 0 Å². The van der Waals surface area contributed by atoms with Crippen LogP contribution in [0.25, 0.3) is 0 Å². The molecule has 0 spiro atoms. The Bertz CT molecular complexity index is 410. The summed E-state index contributed by atoms with van der Waals surface area (Å²) in [6.45, 7) is 11.8. The van der Waals surface area contributed by atoms with E-state index < -0.39 is 0 Å². The molecular weight excluding hydrogens is 322 g/mol. The molecule has 0 saturated heterocycles. The Morgan fingerprint density at radius 1 is 1.37 bits per heavy atom. The van der Waals surface area contributed by atoms with Gasteiger partial charge in [-0.2, -0.15) is 16.9 Å². The fourth-order valence-corrected chi connectivity index (χ4v) is 3.43. The van der Waals surface area contributed by atoms with Crippen LogP contribution in [0.1, 0.15) is 46.0 Å². The number of halogens is 1. The molecule has 3 nitrogen and oxygen atoms in total. The van der Waals surface area contributed by atoms with E-state index in [0.717, 1.165) is 35.3 Å². The van der Waals surface area contributed by atoms with Crippen LogP contribution in [0.4, 0.5) is 0 Å². The van der Waals surface area contributed by atoms with E-state index >= 15 is 0 Å². The van der Waals surface area contributed by atoms with Gasteiger partial charge in [-0.3, -0.25) is 4.68 Å². The molecule has 0 bridgehead atoms. The molecule has 19 heavy (non-hydrogen) atoms. The van der Waals surface area contributed by atoms with Crippen molar-refractivity contribution < 1.29 is 0 Å². The van der Waals surface area contributed by atoms with E-state index in [2.05, 4.69) is 60.3 Å². The highest BCUT2D eigenvalue weighted by molar-refractivity contribution is 9.10. The molecule has 0 radical (unpaired) electrons. The van der Waals surface area contributed by atoms with Crippen molar-refractivity contribution in [1.29, 1.82) is 0 Å². The molecule has 0 fully saturated rings. The van der Waals surface area contributed by atoms with Crippen molar-refractivity contribution in [3.63, 3.8) is 0 Å². The summed E-state index contributed by atoms with van der Waals surface area (Å²) in [4.78, 5) is 0. The number of nitrogens with zero attached hydrogens (tertiary/aromatic N) is 2. The smallest absolute Gasteiger partial charge is 0.0766 e. The predicted molar refractivity (Wildman–Crippen MR) is 88.9 cm³/mol. The van der Waals surface area contributed by atoms with E-state index in [0.29, 0.717) is 0 Å². The SMILES string of the molecule is CCc1nn(CC)c(CC(N)CSC(C)(C)C)c1Br. The first-order valence-corrected chi connectivity index (χ1v) is 8.69. The molecule has 1 aromatic rings. The van der Waals surface area contributed by atoms with E-state index in [1.54, 1.807) is 0 Å². The van der Waals surface area contributed by atoms with Crippen LogP contribution in [0, 0.1) is 0 Å². The summed E-state index contributed by atoms with van der Waals surface area (Å²) in [5.74, 6) is 0.978. The third-order valence-corrected chi connectivity index (χ3v) is 5.26. The van der Waals surface area contributed by atoms with Crippen LogP contribution in [-0.2, 0) is 19.4 Å². The molecule has 0 aliphatic heterocycles. The highest BCUT2D eigenvalue weighted by Crippen LogP contribution is 2.26. The van der Waals surface area contributed by atoms with Crippen LogP contribution in [0.2, 0.25) is 0 Å². The molecule has 1 unspecified atom stereocenters. The first-order valence-electron chi connectivity index (χ1n) is 6.92. The molecule has 0 amide bonds. The Labute approximate surface area is 129 Å². The second kappa shape index (κ2) is 7.14. The molecule has 0 aliphatic rings. The molecule has 0 aliphatic carbocycles. The van der Waals surface area contributed by atoms with E-state index in [-0.39, 0.29) is 10.8 Å². The van der Waals surface area contributed by atoms with Gasteiger partial charge in [0.1, 0.15) is 0 Å². The Hall–Kier alpha value is -0.000000000000000111. The second-order valence-corrected chi connectivity index (χ2v) is 8.40. The van der Waals surface area contributed by atoms with Gasteiger partial charge in [0, 0.05) is 29.5 Å². The van der Waals surface area contributed by atoms with E-state index in [9.17, 15) is 0 Å². The summed E-state index contributed by atoms with van der Waals surface area (Å²) >= 11 is 5.60. The lowest BCUT2D eigenvalue weighted by Crippen LogP contribution is -2.29. The van der Waals surface area contributed by atoms with Crippen LogP contribution in [0.5, 0.6) is 0 Å². The first kappa shape index (κ1) is 17.1. The number of nitrogens with two attached hydrogens (primary N) is 1. The molecule has 0 aromatic carbocycles.